The summed E-state index contributed by atoms with van der Waals surface area (Å²) in [5.74, 6) is -0.729. The van der Waals surface area contributed by atoms with Crippen LogP contribution in [0.4, 0.5) is 10.1 Å². The van der Waals surface area contributed by atoms with Gasteiger partial charge in [-0.25, -0.2) is 9.37 Å². The zero-order chi connectivity index (χ0) is 8.43. The molecule has 1 aromatic rings. The van der Waals surface area contributed by atoms with Gasteiger partial charge in [-0.3, -0.25) is 0 Å². The first-order chi connectivity index (χ1) is 5.16. The zero-order valence-electron chi connectivity index (χ0n) is 5.93. The maximum Gasteiger partial charge on any atom is 0.182 e. The van der Waals surface area contributed by atoms with E-state index in [4.69, 9.17) is 11.0 Å². The molecule has 0 fully saturated rings. The molecule has 2 N–H and O–H groups in total. The summed E-state index contributed by atoms with van der Waals surface area (Å²) in [5.41, 5.74) is 5.58. The third kappa shape index (κ3) is 1.13. The van der Waals surface area contributed by atoms with Crippen LogP contribution in [0.5, 0.6) is 0 Å². The Kier molecular flexibility index (Phi) is 1.73. The quantitative estimate of drug-likeness (QED) is 0.601. The molecule has 0 aromatic carbocycles. The van der Waals surface area contributed by atoms with E-state index < -0.39 is 5.82 Å². The Morgan fingerprint density at radius 3 is 2.91 bits per heavy atom. The second kappa shape index (κ2) is 2.54. The summed E-state index contributed by atoms with van der Waals surface area (Å²) < 4.78 is 12.9. The molecule has 11 heavy (non-hydrogen) atoms. The first-order valence-electron chi connectivity index (χ1n) is 2.97. The third-order valence-electron chi connectivity index (χ3n) is 1.36. The number of nitrogens with zero attached hydrogens (tertiary/aromatic N) is 2. The molecule has 0 aliphatic heterocycles. The fourth-order valence-corrected chi connectivity index (χ4v) is 0.666. The Morgan fingerprint density at radius 1 is 1.73 bits per heavy atom. The molecule has 1 aromatic heterocycles. The number of nitriles is 1. The van der Waals surface area contributed by atoms with Crippen molar-refractivity contribution < 1.29 is 4.39 Å². The number of anilines is 1. The van der Waals surface area contributed by atoms with E-state index in [-0.39, 0.29) is 11.4 Å². The Hall–Kier alpha value is -1.63. The molecular formula is C7H6FN3. The second-order valence-electron chi connectivity index (χ2n) is 2.13. The normalized spacial score (nSPS) is 9.18. The highest BCUT2D eigenvalue weighted by atomic mass is 19.1. The van der Waals surface area contributed by atoms with Gasteiger partial charge in [0.15, 0.2) is 11.5 Å². The Bertz CT molecular complexity index is 327. The number of aryl methyl sites for hydroxylation is 1. The lowest BCUT2D eigenvalue weighted by atomic mass is 10.2. The van der Waals surface area contributed by atoms with Crippen molar-refractivity contribution in [3.05, 3.63) is 23.3 Å². The number of pyridine rings is 1. The lowest BCUT2D eigenvalue weighted by Crippen LogP contribution is -1.99. The monoisotopic (exact) mass is 151 g/mol. The maximum absolute atomic E-state index is 12.9. The van der Waals surface area contributed by atoms with E-state index in [0.29, 0.717) is 5.56 Å². The van der Waals surface area contributed by atoms with Crippen molar-refractivity contribution in [3.63, 3.8) is 0 Å². The minimum atomic E-state index is -0.729. The van der Waals surface area contributed by atoms with Crippen LogP contribution in [0.15, 0.2) is 6.20 Å². The summed E-state index contributed by atoms with van der Waals surface area (Å²) in [6.45, 7) is 1.63. The summed E-state index contributed by atoms with van der Waals surface area (Å²) in [6, 6.07) is 1.60. The van der Waals surface area contributed by atoms with Crippen molar-refractivity contribution in [2.75, 3.05) is 5.73 Å². The standard InChI is InChI=1S/C7H6FN3/c1-4-3-11-5(2-9)6(8)7(4)10/h3H,1H3,(H2,10,11). The van der Waals surface area contributed by atoms with Crippen LogP contribution in [0.3, 0.4) is 0 Å². The predicted octanol–water partition coefficient (Wildman–Crippen LogP) is 0.983. The molecule has 1 heterocycles. The summed E-state index contributed by atoms with van der Waals surface area (Å²) in [5, 5.41) is 8.33. The van der Waals surface area contributed by atoms with Crippen molar-refractivity contribution in [1.82, 2.24) is 4.98 Å². The van der Waals surface area contributed by atoms with Gasteiger partial charge >= 0.3 is 0 Å². The molecule has 0 amide bonds. The van der Waals surface area contributed by atoms with Crippen molar-refractivity contribution in [3.8, 4) is 6.07 Å². The number of hydrogen-bond donors (Lipinski definition) is 1. The van der Waals surface area contributed by atoms with Crippen LogP contribution < -0.4 is 5.73 Å². The average molecular weight is 151 g/mol. The number of rotatable bonds is 0. The highest BCUT2D eigenvalue weighted by molar-refractivity contribution is 5.49. The molecule has 0 saturated carbocycles. The second-order valence-corrected chi connectivity index (χ2v) is 2.13. The lowest BCUT2D eigenvalue weighted by Gasteiger charge is -1.99. The number of aromatic nitrogens is 1. The van der Waals surface area contributed by atoms with Gasteiger partial charge in [0.2, 0.25) is 0 Å². The number of hydrogen-bond acceptors (Lipinski definition) is 3. The van der Waals surface area contributed by atoms with Crippen molar-refractivity contribution in [2.24, 2.45) is 0 Å². The first-order valence-corrected chi connectivity index (χ1v) is 2.97. The van der Waals surface area contributed by atoms with Crippen molar-refractivity contribution in [1.29, 1.82) is 5.26 Å². The van der Waals surface area contributed by atoms with Gasteiger partial charge < -0.3 is 5.73 Å². The van der Waals surface area contributed by atoms with Gasteiger partial charge in [0.05, 0.1) is 5.69 Å². The Balaban J connectivity index is 3.40. The van der Waals surface area contributed by atoms with Gasteiger partial charge in [-0.1, -0.05) is 0 Å². The fraction of sp³-hybridized carbons (Fsp3) is 0.143. The molecule has 0 saturated heterocycles. The van der Waals surface area contributed by atoms with Gasteiger partial charge in [0, 0.05) is 6.20 Å². The topological polar surface area (TPSA) is 62.7 Å². The molecule has 4 heteroatoms. The highest BCUT2D eigenvalue weighted by Crippen LogP contribution is 2.15. The highest BCUT2D eigenvalue weighted by Gasteiger charge is 2.07. The lowest BCUT2D eigenvalue weighted by molar-refractivity contribution is 0.620. The summed E-state index contributed by atoms with van der Waals surface area (Å²) in [6.07, 6.45) is 1.37. The largest absolute Gasteiger partial charge is 0.396 e. The zero-order valence-corrected chi connectivity index (χ0v) is 5.93. The van der Waals surface area contributed by atoms with E-state index in [1.165, 1.54) is 6.20 Å². The van der Waals surface area contributed by atoms with E-state index in [2.05, 4.69) is 4.98 Å². The molecule has 0 radical (unpaired) electrons. The average Bonchev–Trinajstić information content (AvgIpc) is 2.01. The van der Waals surface area contributed by atoms with E-state index >= 15 is 0 Å². The van der Waals surface area contributed by atoms with Crippen LogP contribution in [0.1, 0.15) is 11.3 Å². The van der Waals surface area contributed by atoms with Crippen LogP contribution in [0, 0.1) is 24.1 Å². The van der Waals surface area contributed by atoms with Crippen LogP contribution in [0.25, 0.3) is 0 Å². The number of nitrogen functional groups attached to an aromatic ring is 1. The van der Waals surface area contributed by atoms with Crippen LogP contribution in [-0.4, -0.2) is 4.98 Å². The predicted molar refractivity (Wildman–Crippen MR) is 38.1 cm³/mol. The maximum atomic E-state index is 12.9. The molecular weight excluding hydrogens is 145 g/mol. The Labute approximate surface area is 63.3 Å². The summed E-state index contributed by atoms with van der Waals surface area (Å²) in [4.78, 5) is 3.54. The fourth-order valence-electron chi connectivity index (χ4n) is 0.666. The van der Waals surface area contributed by atoms with Gasteiger partial charge in [-0.2, -0.15) is 5.26 Å². The molecule has 0 unspecified atom stereocenters. The SMILES string of the molecule is Cc1cnc(C#N)c(F)c1N. The number of halogens is 1. The minimum absolute atomic E-state index is 0.00319. The van der Waals surface area contributed by atoms with Gasteiger partial charge in [0.25, 0.3) is 0 Å². The number of nitrogens with two attached hydrogens (primary N) is 1. The van der Waals surface area contributed by atoms with E-state index in [1.54, 1.807) is 13.0 Å². The van der Waals surface area contributed by atoms with Crippen LogP contribution >= 0.6 is 0 Å². The molecule has 0 spiro atoms. The van der Waals surface area contributed by atoms with Crippen LogP contribution in [-0.2, 0) is 0 Å². The van der Waals surface area contributed by atoms with Gasteiger partial charge in [0.1, 0.15) is 6.07 Å². The molecule has 0 aliphatic carbocycles. The van der Waals surface area contributed by atoms with Crippen molar-refractivity contribution in [2.45, 2.75) is 6.92 Å². The minimum Gasteiger partial charge on any atom is -0.396 e. The molecule has 3 nitrogen and oxygen atoms in total. The molecule has 0 aliphatic rings. The van der Waals surface area contributed by atoms with E-state index in [9.17, 15) is 4.39 Å². The molecule has 0 atom stereocenters. The summed E-state index contributed by atoms with van der Waals surface area (Å²) >= 11 is 0. The smallest absolute Gasteiger partial charge is 0.182 e. The third-order valence-corrected chi connectivity index (χ3v) is 1.36. The van der Waals surface area contributed by atoms with Gasteiger partial charge in [-0.15, -0.1) is 0 Å². The molecule has 56 valence electrons. The van der Waals surface area contributed by atoms with Gasteiger partial charge in [-0.05, 0) is 12.5 Å². The van der Waals surface area contributed by atoms with E-state index in [0.717, 1.165) is 0 Å². The van der Waals surface area contributed by atoms with Crippen molar-refractivity contribution >= 4 is 5.69 Å². The Morgan fingerprint density at radius 2 is 2.36 bits per heavy atom. The molecule has 0 bridgehead atoms. The summed E-state index contributed by atoms with van der Waals surface area (Å²) in [7, 11) is 0. The van der Waals surface area contributed by atoms with Crippen LogP contribution in [0.2, 0.25) is 0 Å². The molecule has 1 rings (SSSR count). The van der Waals surface area contributed by atoms with E-state index in [1.807, 2.05) is 0 Å². The first kappa shape index (κ1) is 7.48.